The number of benzene rings is 1. The van der Waals surface area contributed by atoms with Crippen molar-refractivity contribution < 1.29 is 19.0 Å². The number of halogens is 1. The normalized spacial score (nSPS) is 13.1. The van der Waals surface area contributed by atoms with Crippen LogP contribution in [0.15, 0.2) is 24.3 Å². The van der Waals surface area contributed by atoms with Gasteiger partial charge in [0.1, 0.15) is 18.5 Å². The van der Waals surface area contributed by atoms with E-state index in [-0.39, 0.29) is 17.7 Å². The standard InChI is InChI=1S/C14H20FNO3/c1-14(2,3)16-8-10(17)9-19-13(18)11-6-4-5-7-12(11)15/h4-7,10,16-17H,8-9H2,1-3H3/t10-/m1/s1. The molecule has 0 unspecified atom stereocenters. The highest BCUT2D eigenvalue weighted by molar-refractivity contribution is 5.89. The quantitative estimate of drug-likeness (QED) is 0.799. The largest absolute Gasteiger partial charge is 0.459 e. The molecule has 0 fully saturated rings. The van der Waals surface area contributed by atoms with Crippen LogP contribution >= 0.6 is 0 Å². The Labute approximate surface area is 112 Å². The fraction of sp³-hybridized carbons (Fsp3) is 0.500. The van der Waals surface area contributed by atoms with Crippen LogP contribution in [-0.4, -0.2) is 35.9 Å². The van der Waals surface area contributed by atoms with Crippen LogP contribution in [0.1, 0.15) is 31.1 Å². The molecule has 0 saturated carbocycles. The topological polar surface area (TPSA) is 58.6 Å². The molecule has 0 bridgehead atoms. The molecule has 4 nitrogen and oxygen atoms in total. The number of carbonyl (C=O) groups excluding carboxylic acids is 1. The molecule has 1 rings (SSSR count). The van der Waals surface area contributed by atoms with Crippen LogP contribution in [-0.2, 0) is 4.74 Å². The summed E-state index contributed by atoms with van der Waals surface area (Å²) in [6.07, 6.45) is -0.824. The van der Waals surface area contributed by atoms with Gasteiger partial charge in [-0.25, -0.2) is 9.18 Å². The summed E-state index contributed by atoms with van der Waals surface area (Å²) in [6.45, 7) is 6.02. The second-order valence-electron chi connectivity index (χ2n) is 5.36. The molecule has 0 aliphatic carbocycles. The number of hydrogen-bond donors (Lipinski definition) is 2. The second-order valence-corrected chi connectivity index (χ2v) is 5.36. The SMILES string of the molecule is CC(C)(C)NC[C@@H](O)COC(=O)c1ccccc1F. The molecular weight excluding hydrogens is 249 g/mol. The molecule has 0 aliphatic rings. The van der Waals surface area contributed by atoms with Gasteiger partial charge in [-0.05, 0) is 32.9 Å². The van der Waals surface area contributed by atoms with Crippen LogP contribution in [0.4, 0.5) is 4.39 Å². The number of hydrogen-bond acceptors (Lipinski definition) is 4. The molecule has 0 radical (unpaired) electrons. The highest BCUT2D eigenvalue weighted by atomic mass is 19.1. The van der Waals surface area contributed by atoms with E-state index in [1.54, 1.807) is 6.07 Å². The van der Waals surface area contributed by atoms with Gasteiger partial charge >= 0.3 is 5.97 Å². The number of carbonyl (C=O) groups is 1. The molecule has 0 aliphatic heterocycles. The van der Waals surface area contributed by atoms with Crippen molar-refractivity contribution in [2.24, 2.45) is 0 Å². The van der Waals surface area contributed by atoms with E-state index in [0.717, 1.165) is 0 Å². The van der Waals surface area contributed by atoms with Crippen LogP contribution in [0, 0.1) is 5.82 Å². The van der Waals surface area contributed by atoms with Crippen molar-refractivity contribution in [3.63, 3.8) is 0 Å². The highest BCUT2D eigenvalue weighted by Gasteiger charge is 2.16. The van der Waals surface area contributed by atoms with Crippen molar-refractivity contribution in [3.8, 4) is 0 Å². The zero-order valence-corrected chi connectivity index (χ0v) is 11.4. The lowest BCUT2D eigenvalue weighted by Gasteiger charge is -2.22. The molecule has 5 heteroatoms. The van der Waals surface area contributed by atoms with Crippen LogP contribution < -0.4 is 5.32 Å². The van der Waals surface area contributed by atoms with E-state index in [4.69, 9.17) is 4.74 Å². The lowest BCUT2D eigenvalue weighted by atomic mass is 10.1. The maximum atomic E-state index is 13.3. The minimum absolute atomic E-state index is 0.126. The zero-order valence-electron chi connectivity index (χ0n) is 11.4. The average Bonchev–Trinajstić information content (AvgIpc) is 2.33. The van der Waals surface area contributed by atoms with Crippen molar-refractivity contribution in [1.29, 1.82) is 0 Å². The summed E-state index contributed by atoms with van der Waals surface area (Å²) in [5.74, 6) is -1.40. The number of esters is 1. The van der Waals surface area contributed by atoms with Crippen LogP contribution in [0.25, 0.3) is 0 Å². The Morgan fingerprint density at radius 2 is 2.05 bits per heavy atom. The molecule has 0 spiro atoms. The smallest absolute Gasteiger partial charge is 0.341 e. The van der Waals surface area contributed by atoms with Gasteiger partial charge in [0.15, 0.2) is 0 Å². The predicted octanol–water partition coefficient (Wildman–Crippen LogP) is 1.73. The fourth-order valence-corrected chi connectivity index (χ4v) is 1.36. The van der Waals surface area contributed by atoms with E-state index in [9.17, 15) is 14.3 Å². The third-order valence-corrected chi connectivity index (χ3v) is 2.37. The van der Waals surface area contributed by atoms with Gasteiger partial charge in [0.05, 0.1) is 5.56 Å². The van der Waals surface area contributed by atoms with E-state index in [1.807, 2.05) is 20.8 Å². The van der Waals surface area contributed by atoms with Crippen molar-refractivity contribution in [1.82, 2.24) is 5.32 Å². The molecule has 19 heavy (non-hydrogen) atoms. The predicted molar refractivity (Wildman–Crippen MR) is 70.4 cm³/mol. The van der Waals surface area contributed by atoms with Gasteiger partial charge in [-0.3, -0.25) is 0 Å². The minimum atomic E-state index is -0.824. The minimum Gasteiger partial charge on any atom is -0.459 e. The van der Waals surface area contributed by atoms with Crippen molar-refractivity contribution in [2.75, 3.05) is 13.2 Å². The van der Waals surface area contributed by atoms with E-state index in [2.05, 4.69) is 5.32 Å². The van der Waals surface area contributed by atoms with Gasteiger partial charge in [-0.2, -0.15) is 0 Å². The molecule has 0 heterocycles. The molecule has 1 atom stereocenters. The lowest BCUT2D eigenvalue weighted by Crippen LogP contribution is -2.42. The van der Waals surface area contributed by atoms with Gasteiger partial charge in [-0.1, -0.05) is 12.1 Å². The van der Waals surface area contributed by atoms with E-state index < -0.39 is 17.9 Å². The van der Waals surface area contributed by atoms with Crippen LogP contribution in [0.2, 0.25) is 0 Å². The Morgan fingerprint density at radius 3 is 2.63 bits per heavy atom. The van der Waals surface area contributed by atoms with Crippen molar-refractivity contribution in [2.45, 2.75) is 32.4 Å². The van der Waals surface area contributed by atoms with Crippen molar-refractivity contribution >= 4 is 5.97 Å². The van der Waals surface area contributed by atoms with Gasteiger partial charge in [0.25, 0.3) is 0 Å². The summed E-state index contributed by atoms with van der Waals surface area (Å²) in [6, 6.07) is 5.58. The lowest BCUT2D eigenvalue weighted by molar-refractivity contribution is 0.0243. The first-order chi connectivity index (χ1) is 8.79. The summed E-state index contributed by atoms with van der Waals surface area (Å²) in [5.41, 5.74) is -0.255. The van der Waals surface area contributed by atoms with E-state index in [0.29, 0.717) is 6.54 Å². The fourth-order valence-electron chi connectivity index (χ4n) is 1.36. The number of aliphatic hydroxyl groups excluding tert-OH is 1. The molecule has 1 aromatic carbocycles. The van der Waals surface area contributed by atoms with Crippen LogP contribution in [0.5, 0.6) is 0 Å². The monoisotopic (exact) mass is 269 g/mol. The van der Waals surface area contributed by atoms with E-state index >= 15 is 0 Å². The number of aliphatic hydroxyl groups is 1. The molecular formula is C14H20FNO3. The first-order valence-corrected chi connectivity index (χ1v) is 6.14. The Morgan fingerprint density at radius 1 is 1.42 bits per heavy atom. The third-order valence-electron chi connectivity index (χ3n) is 2.37. The summed E-state index contributed by atoms with van der Waals surface area (Å²) < 4.78 is 18.2. The Balaban J connectivity index is 2.41. The summed E-state index contributed by atoms with van der Waals surface area (Å²) >= 11 is 0. The average molecular weight is 269 g/mol. The van der Waals surface area contributed by atoms with Gasteiger partial charge in [-0.15, -0.1) is 0 Å². The first-order valence-electron chi connectivity index (χ1n) is 6.14. The van der Waals surface area contributed by atoms with E-state index in [1.165, 1.54) is 18.2 Å². The first kappa shape index (κ1) is 15.6. The Bertz CT molecular complexity index is 429. The third kappa shape index (κ3) is 5.81. The maximum Gasteiger partial charge on any atom is 0.341 e. The Kier molecular flexibility index (Phi) is 5.44. The maximum absolute atomic E-state index is 13.3. The Hall–Kier alpha value is -1.46. The number of nitrogens with one attached hydrogen (secondary N) is 1. The summed E-state index contributed by atoms with van der Waals surface area (Å²) in [5, 5.41) is 12.7. The zero-order chi connectivity index (χ0) is 14.5. The summed E-state index contributed by atoms with van der Waals surface area (Å²) in [4.78, 5) is 11.6. The number of β-amino-alcohol motifs (C(OH)–C–C–N with tert-alkyl or cyclic N) is 1. The van der Waals surface area contributed by atoms with Gasteiger partial charge < -0.3 is 15.2 Å². The molecule has 0 amide bonds. The van der Waals surface area contributed by atoms with Gasteiger partial charge in [0, 0.05) is 12.1 Å². The highest BCUT2D eigenvalue weighted by Crippen LogP contribution is 2.08. The molecule has 2 N–H and O–H groups in total. The molecule has 1 aromatic rings. The molecule has 0 aromatic heterocycles. The number of rotatable bonds is 5. The second kappa shape index (κ2) is 6.63. The van der Waals surface area contributed by atoms with Crippen molar-refractivity contribution in [3.05, 3.63) is 35.6 Å². The molecule has 0 saturated heterocycles. The number of ether oxygens (including phenoxy) is 1. The van der Waals surface area contributed by atoms with Gasteiger partial charge in [0.2, 0.25) is 0 Å². The summed E-state index contributed by atoms with van der Waals surface area (Å²) in [7, 11) is 0. The van der Waals surface area contributed by atoms with Crippen LogP contribution in [0.3, 0.4) is 0 Å². The molecule has 106 valence electrons.